The number of fused-ring (bicyclic) bond motifs is 1. The lowest BCUT2D eigenvalue weighted by molar-refractivity contribution is -0.120. The van der Waals surface area contributed by atoms with Crippen molar-refractivity contribution >= 4 is 11.6 Å². The van der Waals surface area contributed by atoms with Crippen molar-refractivity contribution in [2.75, 3.05) is 6.54 Å². The minimum Gasteiger partial charge on any atom is -0.355 e. The molecule has 0 aliphatic carbocycles. The van der Waals surface area contributed by atoms with Crippen LogP contribution in [0.4, 0.5) is 4.39 Å². The van der Waals surface area contributed by atoms with Crippen molar-refractivity contribution in [1.82, 2.24) is 14.7 Å². The Morgan fingerprint density at radius 2 is 2.04 bits per heavy atom. The topological polar surface area (TPSA) is 46.4 Å². The third kappa shape index (κ3) is 3.94. The van der Waals surface area contributed by atoms with Crippen molar-refractivity contribution < 1.29 is 9.18 Å². The zero-order chi connectivity index (χ0) is 16.2. The van der Waals surface area contributed by atoms with E-state index in [2.05, 4.69) is 10.3 Å². The van der Waals surface area contributed by atoms with Gasteiger partial charge in [0.1, 0.15) is 11.5 Å². The lowest BCUT2D eigenvalue weighted by Gasteiger charge is -2.04. The number of benzene rings is 1. The van der Waals surface area contributed by atoms with Gasteiger partial charge < -0.3 is 9.72 Å². The fourth-order valence-electron chi connectivity index (χ4n) is 2.45. The number of aryl methyl sites for hydroxylation is 1. The maximum Gasteiger partial charge on any atom is 0.226 e. The largest absolute Gasteiger partial charge is 0.355 e. The maximum absolute atomic E-state index is 12.8. The fourth-order valence-corrected chi connectivity index (χ4v) is 2.45. The van der Waals surface area contributed by atoms with Gasteiger partial charge in [0.25, 0.3) is 0 Å². The molecule has 23 heavy (non-hydrogen) atoms. The molecule has 0 unspecified atom stereocenters. The van der Waals surface area contributed by atoms with Crippen LogP contribution in [0.15, 0.2) is 48.8 Å². The summed E-state index contributed by atoms with van der Waals surface area (Å²) in [5.74, 6) is -0.313. The molecule has 0 fully saturated rings. The highest BCUT2D eigenvalue weighted by atomic mass is 19.1. The Morgan fingerprint density at radius 1 is 1.26 bits per heavy atom. The van der Waals surface area contributed by atoms with Crippen LogP contribution in [0.2, 0.25) is 0 Å². The van der Waals surface area contributed by atoms with Crippen LogP contribution in [0, 0.1) is 12.7 Å². The van der Waals surface area contributed by atoms with Crippen LogP contribution in [-0.2, 0) is 17.6 Å². The molecule has 0 radical (unpaired) electrons. The summed E-state index contributed by atoms with van der Waals surface area (Å²) in [7, 11) is 0. The molecule has 2 aromatic heterocycles. The molecule has 0 aliphatic heterocycles. The second-order valence-electron chi connectivity index (χ2n) is 5.60. The van der Waals surface area contributed by atoms with Gasteiger partial charge in [-0.1, -0.05) is 12.1 Å². The average Bonchev–Trinajstić information content (AvgIpc) is 2.90. The highest BCUT2D eigenvalue weighted by Gasteiger charge is 2.07. The smallest absolute Gasteiger partial charge is 0.226 e. The number of aromatic nitrogens is 2. The summed E-state index contributed by atoms with van der Waals surface area (Å²) < 4.78 is 14.7. The van der Waals surface area contributed by atoms with E-state index in [1.54, 1.807) is 12.1 Å². The van der Waals surface area contributed by atoms with Gasteiger partial charge in [0, 0.05) is 18.9 Å². The SMILES string of the molecule is Cc1ccn2cc(CC(=O)NCCc3ccc(F)cc3)nc2c1. The zero-order valence-electron chi connectivity index (χ0n) is 12.9. The quantitative estimate of drug-likeness (QED) is 0.787. The van der Waals surface area contributed by atoms with Crippen molar-refractivity contribution in [2.45, 2.75) is 19.8 Å². The lowest BCUT2D eigenvalue weighted by atomic mass is 10.1. The Morgan fingerprint density at radius 3 is 2.83 bits per heavy atom. The molecule has 0 spiro atoms. The lowest BCUT2D eigenvalue weighted by Crippen LogP contribution is -2.27. The monoisotopic (exact) mass is 311 g/mol. The number of halogens is 1. The summed E-state index contributed by atoms with van der Waals surface area (Å²) in [5.41, 5.74) is 3.72. The van der Waals surface area contributed by atoms with E-state index >= 15 is 0 Å². The van der Waals surface area contributed by atoms with E-state index in [1.165, 1.54) is 12.1 Å². The highest BCUT2D eigenvalue weighted by Crippen LogP contribution is 2.08. The molecule has 0 saturated heterocycles. The summed E-state index contributed by atoms with van der Waals surface area (Å²) in [6, 6.07) is 10.3. The van der Waals surface area contributed by atoms with Crippen LogP contribution in [0.3, 0.4) is 0 Å². The molecule has 118 valence electrons. The van der Waals surface area contributed by atoms with Gasteiger partial charge in [-0.3, -0.25) is 4.79 Å². The number of hydrogen-bond acceptors (Lipinski definition) is 2. The summed E-state index contributed by atoms with van der Waals surface area (Å²) in [6.07, 6.45) is 4.74. The summed E-state index contributed by atoms with van der Waals surface area (Å²) in [4.78, 5) is 16.4. The molecule has 0 bridgehead atoms. The first-order valence-electron chi connectivity index (χ1n) is 7.55. The minimum absolute atomic E-state index is 0.0627. The molecule has 0 atom stereocenters. The Kier molecular flexibility index (Phi) is 4.37. The highest BCUT2D eigenvalue weighted by molar-refractivity contribution is 5.78. The third-order valence-electron chi connectivity index (χ3n) is 3.66. The molecule has 0 aliphatic rings. The molecule has 0 saturated carbocycles. The summed E-state index contributed by atoms with van der Waals surface area (Å²) in [5, 5.41) is 2.87. The van der Waals surface area contributed by atoms with Crippen LogP contribution in [0.1, 0.15) is 16.8 Å². The number of nitrogens with zero attached hydrogens (tertiary/aromatic N) is 2. The minimum atomic E-state index is -0.250. The van der Waals surface area contributed by atoms with E-state index in [0.29, 0.717) is 13.0 Å². The fraction of sp³-hybridized carbons (Fsp3) is 0.222. The van der Waals surface area contributed by atoms with Crippen LogP contribution in [0.25, 0.3) is 5.65 Å². The molecule has 1 N–H and O–H groups in total. The van der Waals surface area contributed by atoms with E-state index in [-0.39, 0.29) is 18.1 Å². The van der Waals surface area contributed by atoms with Gasteiger partial charge in [-0.15, -0.1) is 0 Å². The first kappa shape index (κ1) is 15.2. The summed E-state index contributed by atoms with van der Waals surface area (Å²) in [6.45, 7) is 2.54. The van der Waals surface area contributed by atoms with Crippen molar-refractivity contribution in [3.05, 3.63) is 71.4 Å². The van der Waals surface area contributed by atoms with E-state index in [1.807, 2.05) is 35.9 Å². The van der Waals surface area contributed by atoms with Crippen LogP contribution < -0.4 is 5.32 Å². The Bertz CT molecular complexity index is 824. The van der Waals surface area contributed by atoms with Crippen molar-refractivity contribution in [3.8, 4) is 0 Å². The molecule has 3 rings (SSSR count). The molecular formula is C18H18FN3O. The van der Waals surface area contributed by atoms with Gasteiger partial charge in [-0.25, -0.2) is 9.37 Å². The Balaban J connectivity index is 1.53. The average molecular weight is 311 g/mol. The van der Waals surface area contributed by atoms with E-state index in [9.17, 15) is 9.18 Å². The van der Waals surface area contributed by atoms with Gasteiger partial charge in [0.2, 0.25) is 5.91 Å². The predicted octanol–water partition coefficient (Wildman–Crippen LogP) is 2.68. The van der Waals surface area contributed by atoms with Crippen molar-refractivity contribution in [2.24, 2.45) is 0 Å². The standard InChI is InChI=1S/C18H18FN3O/c1-13-7-9-22-12-16(21-17(22)10-13)11-18(23)20-8-6-14-2-4-15(19)5-3-14/h2-5,7,9-10,12H,6,8,11H2,1H3,(H,20,23). The van der Waals surface area contributed by atoms with E-state index < -0.39 is 0 Å². The van der Waals surface area contributed by atoms with Crippen LogP contribution >= 0.6 is 0 Å². The van der Waals surface area contributed by atoms with Crippen molar-refractivity contribution in [3.63, 3.8) is 0 Å². The zero-order valence-corrected chi connectivity index (χ0v) is 12.9. The molecule has 1 aromatic carbocycles. The number of pyridine rings is 1. The molecule has 3 aromatic rings. The molecule has 2 heterocycles. The number of rotatable bonds is 5. The maximum atomic E-state index is 12.8. The molecule has 1 amide bonds. The number of carbonyl (C=O) groups is 1. The first-order chi connectivity index (χ1) is 11.1. The van der Waals surface area contributed by atoms with E-state index in [4.69, 9.17) is 0 Å². The number of nitrogens with one attached hydrogen (secondary N) is 1. The number of imidazole rings is 1. The van der Waals surface area contributed by atoms with Crippen molar-refractivity contribution in [1.29, 1.82) is 0 Å². The number of hydrogen-bond donors (Lipinski definition) is 1. The summed E-state index contributed by atoms with van der Waals surface area (Å²) >= 11 is 0. The number of carbonyl (C=O) groups excluding carboxylic acids is 1. The first-order valence-corrected chi connectivity index (χ1v) is 7.55. The second-order valence-corrected chi connectivity index (χ2v) is 5.60. The molecule has 5 heteroatoms. The number of amides is 1. The Hall–Kier alpha value is -2.69. The Labute approximate surface area is 134 Å². The normalized spacial score (nSPS) is 10.9. The second kappa shape index (κ2) is 6.60. The third-order valence-corrected chi connectivity index (χ3v) is 3.66. The van der Waals surface area contributed by atoms with Gasteiger partial charge in [0.05, 0.1) is 12.1 Å². The van der Waals surface area contributed by atoms with Gasteiger partial charge in [-0.2, -0.15) is 0 Å². The van der Waals surface area contributed by atoms with Gasteiger partial charge >= 0.3 is 0 Å². The molecular weight excluding hydrogens is 293 g/mol. The van der Waals surface area contributed by atoms with Gasteiger partial charge in [0.15, 0.2) is 0 Å². The van der Waals surface area contributed by atoms with E-state index in [0.717, 1.165) is 22.5 Å². The van der Waals surface area contributed by atoms with Crippen LogP contribution in [-0.4, -0.2) is 21.8 Å². The predicted molar refractivity (Wildman–Crippen MR) is 86.7 cm³/mol. The van der Waals surface area contributed by atoms with Gasteiger partial charge in [-0.05, 0) is 48.7 Å². The van der Waals surface area contributed by atoms with Crippen LogP contribution in [0.5, 0.6) is 0 Å². The molecule has 4 nitrogen and oxygen atoms in total.